The number of rotatable bonds is 6. The third-order valence-electron chi connectivity index (χ3n) is 7.46. The lowest BCUT2D eigenvalue weighted by molar-refractivity contribution is -0.128. The molecule has 1 amide bonds. The van der Waals surface area contributed by atoms with E-state index < -0.39 is 11.6 Å². The predicted molar refractivity (Wildman–Crippen MR) is 156 cm³/mol. The van der Waals surface area contributed by atoms with Gasteiger partial charge in [0.05, 0.1) is 21.3 Å². The van der Waals surface area contributed by atoms with Crippen molar-refractivity contribution in [2.45, 2.75) is 31.8 Å². The van der Waals surface area contributed by atoms with E-state index in [9.17, 15) is 9.18 Å². The van der Waals surface area contributed by atoms with Gasteiger partial charge in [0.1, 0.15) is 23.8 Å². The molecule has 2 aliphatic heterocycles. The van der Waals surface area contributed by atoms with Crippen LogP contribution < -0.4 is 15.8 Å². The Labute approximate surface area is 243 Å². The Bertz CT molecular complexity index is 1750. The molecule has 1 atom stereocenters. The molecule has 1 unspecified atom stereocenters. The second-order valence-electron chi connectivity index (χ2n) is 10.1. The molecule has 0 spiro atoms. The first-order valence-electron chi connectivity index (χ1n) is 13.1. The first kappa shape index (κ1) is 27.4. The topological polar surface area (TPSA) is 110 Å². The van der Waals surface area contributed by atoms with Gasteiger partial charge in [0, 0.05) is 35.6 Å². The van der Waals surface area contributed by atoms with E-state index in [0.717, 1.165) is 30.7 Å². The van der Waals surface area contributed by atoms with Crippen LogP contribution in [-0.4, -0.2) is 76.0 Å². The molecule has 2 aromatic heterocycles. The van der Waals surface area contributed by atoms with Crippen molar-refractivity contribution in [2.75, 3.05) is 44.3 Å². The van der Waals surface area contributed by atoms with Crippen molar-refractivity contribution < 1.29 is 18.3 Å². The number of thiazole rings is 1. The summed E-state index contributed by atoms with van der Waals surface area (Å²) in [7, 11) is 2.03. The van der Waals surface area contributed by atoms with Gasteiger partial charge in [-0.15, -0.1) is 0 Å². The Morgan fingerprint density at radius 1 is 1.27 bits per heavy atom. The summed E-state index contributed by atoms with van der Waals surface area (Å²) in [5, 5.41) is 3.87. The molecule has 0 aliphatic carbocycles. The largest absolute Gasteiger partial charge is 0.462 e. The number of likely N-dealkylation sites (tertiary alicyclic amines) is 2. The number of fused-ring (bicyclic) bond motifs is 2. The van der Waals surface area contributed by atoms with Crippen LogP contribution in [0.4, 0.5) is 19.7 Å². The van der Waals surface area contributed by atoms with Crippen LogP contribution in [0.1, 0.15) is 19.8 Å². The lowest BCUT2D eigenvalue weighted by atomic mass is 10.0. The van der Waals surface area contributed by atoms with E-state index in [1.54, 1.807) is 17.9 Å². The molecule has 6 rings (SSSR count). The highest BCUT2D eigenvalue weighted by Crippen LogP contribution is 2.42. The summed E-state index contributed by atoms with van der Waals surface area (Å²) in [6, 6.07) is 4.31. The van der Waals surface area contributed by atoms with E-state index in [1.165, 1.54) is 12.1 Å². The summed E-state index contributed by atoms with van der Waals surface area (Å²) in [6.45, 7) is 3.76. The highest BCUT2D eigenvalue weighted by atomic mass is 35.5. The normalized spacial score (nSPS) is 17.5. The molecule has 4 heterocycles. The van der Waals surface area contributed by atoms with Crippen LogP contribution in [0.25, 0.3) is 32.2 Å². The van der Waals surface area contributed by atoms with Crippen LogP contribution in [0.2, 0.25) is 5.02 Å². The van der Waals surface area contributed by atoms with Crippen molar-refractivity contribution in [3.8, 4) is 29.0 Å². The fourth-order valence-corrected chi connectivity index (χ4v) is 6.32. The molecular formula is C28H26ClF2N7O2S. The molecule has 2 fully saturated rings. The van der Waals surface area contributed by atoms with Gasteiger partial charge >= 0.3 is 6.01 Å². The summed E-state index contributed by atoms with van der Waals surface area (Å²) in [6.07, 6.45) is 2.05. The number of amides is 1. The minimum absolute atomic E-state index is 0.0125. The molecule has 212 valence electrons. The van der Waals surface area contributed by atoms with Gasteiger partial charge < -0.3 is 25.6 Å². The summed E-state index contributed by atoms with van der Waals surface area (Å²) in [4.78, 5) is 29.1. The molecule has 4 aromatic rings. The van der Waals surface area contributed by atoms with Crippen LogP contribution in [-0.2, 0) is 4.79 Å². The number of carbonyl (C=O) groups excluding carboxylic acids is 1. The van der Waals surface area contributed by atoms with Crippen molar-refractivity contribution in [1.29, 1.82) is 0 Å². The van der Waals surface area contributed by atoms with Gasteiger partial charge in [-0.25, -0.2) is 13.8 Å². The Balaban J connectivity index is 1.42. The zero-order valence-corrected chi connectivity index (χ0v) is 23.9. The minimum Gasteiger partial charge on any atom is -0.462 e. The predicted octanol–water partition coefficient (Wildman–Crippen LogP) is 4.54. The van der Waals surface area contributed by atoms with Crippen molar-refractivity contribution in [2.24, 2.45) is 0 Å². The van der Waals surface area contributed by atoms with E-state index >= 15 is 4.39 Å². The van der Waals surface area contributed by atoms with Crippen LogP contribution in [0.5, 0.6) is 6.01 Å². The Kier molecular flexibility index (Phi) is 7.27. The quantitative estimate of drug-likeness (QED) is 0.312. The number of anilines is 2. The maximum Gasteiger partial charge on any atom is 0.319 e. The molecule has 41 heavy (non-hydrogen) atoms. The van der Waals surface area contributed by atoms with Gasteiger partial charge in [-0.2, -0.15) is 9.97 Å². The Morgan fingerprint density at radius 3 is 2.80 bits per heavy atom. The van der Waals surface area contributed by atoms with E-state index in [0.29, 0.717) is 36.5 Å². The number of nitrogens with two attached hydrogens (primary N) is 1. The number of nitrogens with one attached hydrogen (secondary N) is 1. The second kappa shape index (κ2) is 10.9. The van der Waals surface area contributed by atoms with Gasteiger partial charge in [-0.1, -0.05) is 28.9 Å². The lowest BCUT2D eigenvalue weighted by Crippen LogP contribution is -2.56. The first-order valence-corrected chi connectivity index (χ1v) is 14.3. The number of likely N-dealkylation sites (N-methyl/N-ethyl adjacent to an activating group) is 1. The summed E-state index contributed by atoms with van der Waals surface area (Å²) in [5.74, 6) is 3.99. The number of carbonyl (C=O) groups is 1. The molecule has 2 aromatic carbocycles. The molecule has 9 nitrogen and oxygen atoms in total. The maximum atomic E-state index is 16.4. The van der Waals surface area contributed by atoms with E-state index in [2.05, 4.69) is 37.0 Å². The number of nitrogen functional groups attached to an aromatic ring is 1. The highest BCUT2D eigenvalue weighted by molar-refractivity contribution is 7.22. The molecule has 0 saturated carbocycles. The molecule has 13 heteroatoms. The third kappa shape index (κ3) is 5.09. The summed E-state index contributed by atoms with van der Waals surface area (Å²) in [5.41, 5.74) is 6.38. The number of halogens is 3. The highest BCUT2D eigenvalue weighted by Gasteiger charge is 2.32. The monoisotopic (exact) mass is 597 g/mol. The molecule has 0 radical (unpaired) electrons. The van der Waals surface area contributed by atoms with Crippen LogP contribution in [0, 0.1) is 23.5 Å². The van der Waals surface area contributed by atoms with E-state index in [1.807, 2.05) is 7.05 Å². The number of aromatic nitrogens is 3. The van der Waals surface area contributed by atoms with Gasteiger partial charge in [0.2, 0.25) is 0 Å². The van der Waals surface area contributed by atoms with Crippen LogP contribution in [0.15, 0.2) is 18.2 Å². The van der Waals surface area contributed by atoms with Crippen molar-refractivity contribution in [3.63, 3.8) is 0 Å². The second-order valence-corrected chi connectivity index (χ2v) is 11.6. The van der Waals surface area contributed by atoms with Gasteiger partial charge in [-0.05, 0) is 57.5 Å². The standard InChI is InChI=1S/C28H26ClF2N7O2S/c1-3-5-20(39)38-11-14(12-38)33-26-17-10-18(29)21(16-7-8-19(30)25-24(16)34-27(32)41-25)22(31)23(17)35-28(36-26)40-13-15-6-4-9-37(15)2/h7-8,10,14-15H,4,6,9,11-13H2,1-2H3,(H2,32,34)(H,33,35,36). The maximum absolute atomic E-state index is 16.4. The number of ether oxygens (including phenoxy) is 1. The number of hydrogen-bond donors (Lipinski definition) is 2. The molecule has 3 N–H and O–H groups in total. The lowest BCUT2D eigenvalue weighted by Gasteiger charge is -2.38. The first-order chi connectivity index (χ1) is 19.7. The minimum atomic E-state index is -0.719. The zero-order valence-electron chi connectivity index (χ0n) is 22.3. The number of benzene rings is 2. The van der Waals surface area contributed by atoms with Gasteiger partial charge in [0.25, 0.3) is 5.91 Å². The van der Waals surface area contributed by atoms with Crippen LogP contribution >= 0.6 is 22.9 Å². The van der Waals surface area contributed by atoms with Crippen LogP contribution in [0.3, 0.4) is 0 Å². The molecule has 2 aliphatic rings. The van der Waals surface area contributed by atoms with E-state index in [-0.39, 0.29) is 55.5 Å². The van der Waals surface area contributed by atoms with Crippen molar-refractivity contribution >= 4 is 60.9 Å². The zero-order chi connectivity index (χ0) is 28.8. The number of nitrogens with zero attached hydrogens (tertiary/aromatic N) is 5. The smallest absolute Gasteiger partial charge is 0.319 e. The third-order valence-corrected chi connectivity index (χ3v) is 8.65. The molecule has 0 bridgehead atoms. The van der Waals surface area contributed by atoms with Crippen molar-refractivity contribution in [3.05, 3.63) is 34.9 Å². The SMILES string of the molecule is CC#CC(=O)N1CC(Nc2nc(OCC3CCCN3C)nc3c(F)c(-c4ccc(F)c5sc(N)nc45)c(Cl)cc23)C1. The average molecular weight is 598 g/mol. The molecular weight excluding hydrogens is 572 g/mol. The van der Waals surface area contributed by atoms with E-state index in [4.69, 9.17) is 22.1 Å². The fraction of sp³-hybridized carbons (Fsp3) is 0.357. The Hall–Kier alpha value is -3.79. The Morgan fingerprint density at radius 2 is 2.07 bits per heavy atom. The summed E-state index contributed by atoms with van der Waals surface area (Å²) >= 11 is 7.65. The average Bonchev–Trinajstić information content (AvgIpc) is 3.51. The summed E-state index contributed by atoms with van der Waals surface area (Å²) < 4.78 is 37.1. The van der Waals surface area contributed by atoms with Gasteiger partial charge in [0.15, 0.2) is 10.9 Å². The van der Waals surface area contributed by atoms with Gasteiger partial charge in [-0.3, -0.25) is 4.79 Å². The molecule has 2 saturated heterocycles. The number of hydrogen-bond acceptors (Lipinski definition) is 9. The van der Waals surface area contributed by atoms with Crippen molar-refractivity contribution in [1.82, 2.24) is 24.8 Å². The fourth-order valence-electron chi connectivity index (χ4n) is 5.27.